The molecule has 2 aliphatic heterocycles. The van der Waals surface area contributed by atoms with Crippen LogP contribution in [0.1, 0.15) is 60.6 Å². The van der Waals surface area contributed by atoms with E-state index in [1.165, 1.54) is 16.6 Å². The number of rotatable bonds is 5. The molecule has 11 heteroatoms. The number of carbonyl (C=O) groups is 1. The molecule has 4 aromatic rings. The van der Waals surface area contributed by atoms with Crippen LogP contribution in [0.25, 0.3) is 22.2 Å². The smallest absolute Gasteiger partial charge is 0.227 e. The molecule has 9 nitrogen and oxygen atoms in total. The fraction of sp³-hybridized carbons (Fsp3) is 0.414. The Hall–Kier alpha value is -3.57. The van der Waals surface area contributed by atoms with Gasteiger partial charge in [-0.15, -0.1) is 0 Å². The number of carbonyl (C=O) groups excluding carboxylic acids is 1. The molecule has 2 aromatic heterocycles. The van der Waals surface area contributed by atoms with Gasteiger partial charge in [-0.3, -0.25) is 4.79 Å². The molecule has 0 aliphatic carbocycles. The third-order valence-electron chi connectivity index (χ3n) is 8.18. The summed E-state index contributed by atoms with van der Waals surface area (Å²) < 4.78 is 48.4. The zero-order valence-corrected chi connectivity index (χ0v) is 23.8. The Morgan fingerprint density at radius 2 is 1.88 bits per heavy atom. The van der Waals surface area contributed by atoms with Crippen molar-refractivity contribution in [2.45, 2.75) is 58.5 Å². The lowest BCUT2D eigenvalue weighted by Gasteiger charge is -2.36. The van der Waals surface area contributed by atoms with Gasteiger partial charge in [0.2, 0.25) is 15.9 Å². The van der Waals surface area contributed by atoms with E-state index in [0.717, 1.165) is 27.9 Å². The quantitative estimate of drug-likeness (QED) is 0.329. The first kappa shape index (κ1) is 26.6. The summed E-state index contributed by atoms with van der Waals surface area (Å²) in [6, 6.07) is 10.3. The van der Waals surface area contributed by atoms with E-state index in [9.17, 15) is 17.6 Å². The highest BCUT2D eigenvalue weighted by Gasteiger charge is 2.38. The normalized spacial score (nSPS) is 20.6. The molecular weight excluding hydrogens is 533 g/mol. The second kappa shape index (κ2) is 9.81. The maximum atomic E-state index is 14.6. The molecule has 0 unspecified atom stereocenters. The average Bonchev–Trinajstić information content (AvgIpc) is 3.62. The molecule has 2 fully saturated rings. The van der Waals surface area contributed by atoms with Crippen molar-refractivity contribution in [3.63, 3.8) is 0 Å². The lowest BCUT2D eigenvalue weighted by molar-refractivity contribution is -0.120. The number of sulfonamides is 1. The van der Waals surface area contributed by atoms with Crippen molar-refractivity contribution in [1.29, 1.82) is 0 Å². The Morgan fingerprint density at radius 1 is 1.07 bits per heavy atom. The zero-order valence-electron chi connectivity index (χ0n) is 23.0. The first-order chi connectivity index (χ1) is 19.0. The minimum atomic E-state index is -3.36. The van der Waals surface area contributed by atoms with E-state index in [-0.39, 0.29) is 17.8 Å². The molecule has 4 heterocycles. The molecule has 0 N–H and O–H groups in total. The topological polar surface area (TPSA) is 102 Å². The monoisotopic (exact) mass is 565 g/mol. The molecule has 2 aliphatic rings. The van der Waals surface area contributed by atoms with Crippen LogP contribution in [0.4, 0.5) is 10.1 Å². The van der Waals surface area contributed by atoms with Crippen molar-refractivity contribution in [2.75, 3.05) is 24.2 Å². The van der Waals surface area contributed by atoms with Crippen molar-refractivity contribution in [3.8, 4) is 11.1 Å². The first-order valence-electron chi connectivity index (χ1n) is 13.5. The largest absolute Gasteiger partial charge is 0.361 e. The summed E-state index contributed by atoms with van der Waals surface area (Å²) in [6.07, 6.45) is 3.56. The predicted molar refractivity (Wildman–Crippen MR) is 150 cm³/mol. The van der Waals surface area contributed by atoms with Crippen LogP contribution in [0.5, 0.6) is 0 Å². The number of nitrogens with zero attached hydrogens (tertiary/aromatic N) is 5. The lowest BCUT2D eigenvalue weighted by atomic mass is 9.99. The van der Waals surface area contributed by atoms with Gasteiger partial charge in [-0.1, -0.05) is 17.3 Å². The highest BCUT2D eigenvalue weighted by molar-refractivity contribution is 7.88. The molecule has 0 radical (unpaired) electrons. The van der Waals surface area contributed by atoms with Crippen LogP contribution in [0.2, 0.25) is 0 Å². The van der Waals surface area contributed by atoms with E-state index in [1.54, 1.807) is 24.0 Å². The Kier molecular flexibility index (Phi) is 6.53. The second-order valence-electron chi connectivity index (χ2n) is 10.9. The minimum Gasteiger partial charge on any atom is -0.361 e. The SMILES string of the molecule is Cc1ccc(N2C(=O)CCC[C@H]2c2nc3cc(-c4c(C)noc4C)ccc3n2[C@@H]2CCN(S(C)(=O)=O)C2)cc1F. The van der Waals surface area contributed by atoms with Crippen molar-refractivity contribution in [3.05, 3.63) is 65.1 Å². The van der Waals surface area contributed by atoms with Gasteiger partial charge < -0.3 is 14.0 Å². The van der Waals surface area contributed by atoms with Gasteiger partial charge in [-0.2, -0.15) is 0 Å². The number of aryl methyl sites for hydroxylation is 3. The van der Waals surface area contributed by atoms with Crippen molar-refractivity contribution in [2.24, 2.45) is 0 Å². The van der Waals surface area contributed by atoms with E-state index in [4.69, 9.17) is 9.51 Å². The number of hydrogen-bond acceptors (Lipinski definition) is 6. The number of halogens is 1. The van der Waals surface area contributed by atoms with Crippen LogP contribution in [-0.4, -0.2) is 52.7 Å². The van der Waals surface area contributed by atoms with Crippen molar-refractivity contribution in [1.82, 2.24) is 19.0 Å². The van der Waals surface area contributed by atoms with Crippen LogP contribution in [0.3, 0.4) is 0 Å². The van der Waals surface area contributed by atoms with Gasteiger partial charge in [0.25, 0.3) is 0 Å². The van der Waals surface area contributed by atoms with Crippen LogP contribution in [-0.2, 0) is 14.8 Å². The number of fused-ring (bicyclic) bond motifs is 1. The van der Waals surface area contributed by atoms with E-state index in [1.807, 2.05) is 32.0 Å². The summed E-state index contributed by atoms with van der Waals surface area (Å²) >= 11 is 0. The molecule has 6 rings (SSSR count). The molecule has 40 heavy (non-hydrogen) atoms. The van der Waals surface area contributed by atoms with Gasteiger partial charge in [0.15, 0.2) is 0 Å². The van der Waals surface area contributed by atoms with Crippen LogP contribution < -0.4 is 4.90 Å². The molecule has 2 saturated heterocycles. The number of piperidine rings is 1. The molecule has 2 atom stereocenters. The Balaban J connectivity index is 1.52. The molecule has 1 amide bonds. The van der Waals surface area contributed by atoms with Crippen LogP contribution in [0, 0.1) is 26.6 Å². The number of amides is 1. The Labute approximate surface area is 232 Å². The summed E-state index contributed by atoms with van der Waals surface area (Å²) in [4.78, 5) is 20.1. The van der Waals surface area contributed by atoms with E-state index in [0.29, 0.717) is 61.6 Å². The predicted octanol–water partition coefficient (Wildman–Crippen LogP) is 5.22. The zero-order chi connectivity index (χ0) is 28.3. The van der Waals surface area contributed by atoms with E-state index >= 15 is 0 Å². The van der Waals surface area contributed by atoms with Gasteiger partial charge in [-0.25, -0.2) is 22.1 Å². The standard InChI is InChI=1S/C29H32FN5O4S/c1-17-8-10-21(15-23(17)30)34-26(6-5-7-27(34)36)29-31-24-14-20(28-18(2)32-39-19(28)3)9-11-25(24)35(29)22-12-13-33(16-22)40(4,37)38/h8-11,14-15,22,26H,5-7,12-13,16H2,1-4H3/t22-,26+/m1/s1. The Morgan fingerprint density at radius 3 is 2.55 bits per heavy atom. The molecule has 2 aromatic carbocycles. The number of aromatic nitrogens is 3. The van der Waals surface area contributed by atoms with Gasteiger partial charge in [0.05, 0.1) is 35.1 Å². The highest BCUT2D eigenvalue weighted by Crippen LogP contribution is 2.41. The fourth-order valence-electron chi connectivity index (χ4n) is 6.18. The molecular formula is C29H32FN5O4S. The highest BCUT2D eigenvalue weighted by atomic mass is 32.2. The second-order valence-corrected chi connectivity index (χ2v) is 12.9. The van der Waals surface area contributed by atoms with Gasteiger partial charge in [0.1, 0.15) is 17.4 Å². The van der Waals surface area contributed by atoms with Crippen LogP contribution >= 0.6 is 0 Å². The Bertz CT molecular complexity index is 1720. The number of hydrogen-bond donors (Lipinski definition) is 0. The van der Waals surface area contributed by atoms with E-state index in [2.05, 4.69) is 9.72 Å². The number of anilines is 1. The van der Waals surface area contributed by atoms with Crippen molar-refractivity contribution < 1.29 is 22.1 Å². The average molecular weight is 566 g/mol. The van der Waals surface area contributed by atoms with Gasteiger partial charge in [0, 0.05) is 30.8 Å². The van der Waals surface area contributed by atoms with Gasteiger partial charge >= 0.3 is 0 Å². The summed E-state index contributed by atoms with van der Waals surface area (Å²) in [5.74, 6) is 0.937. The van der Waals surface area contributed by atoms with Crippen LogP contribution in [0.15, 0.2) is 40.9 Å². The third-order valence-corrected chi connectivity index (χ3v) is 9.45. The number of benzene rings is 2. The number of imidazole rings is 1. The van der Waals surface area contributed by atoms with Crippen molar-refractivity contribution >= 4 is 32.7 Å². The lowest BCUT2D eigenvalue weighted by Crippen LogP contribution is -2.40. The molecule has 0 bridgehead atoms. The molecule has 210 valence electrons. The summed E-state index contributed by atoms with van der Waals surface area (Å²) in [7, 11) is -3.36. The molecule has 0 spiro atoms. The minimum absolute atomic E-state index is 0.0845. The summed E-state index contributed by atoms with van der Waals surface area (Å²) in [5, 5.41) is 4.09. The summed E-state index contributed by atoms with van der Waals surface area (Å²) in [5.41, 5.74) is 5.21. The maximum absolute atomic E-state index is 14.6. The van der Waals surface area contributed by atoms with Gasteiger partial charge in [-0.05, 0) is 75.4 Å². The maximum Gasteiger partial charge on any atom is 0.227 e. The van der Waals surface area contributed by atoms with E-state index < -0.39 is 16.1 Å². The molecule has 0 saturated carbocycles. The fourth-order valence-corrected chi connectivity index (χ4v) is 7.06. The first-order valence-corrected chi connectivity index (χ1v) is 15.4. The third kappa shape index (κ3) is 4.50. The summed E-state index contributed by atoms with van der Waals surface area (Å²) in [6.45, 7) is 6.19.